The lowest BCUT2D eigenvalue weighted by Gasteiger charge is -2.15. The van der Waals surface area contributed by atoms with E-state index in [0.717, 1.165) is 51.8 Å². The smallest absolute Gasteiger partial charge is 0.137 e. The Morgan fingerprint density at radius 1 is 0.729 bits per heavy atom. The first kappa shape index (κ1) is 31.4. The van der Waals surface area contributed by atoms with Crippen LogP contribution in [0.2, 0.25) is 0 Å². The number of benzene rings is 4. The Hall–Kier alpha value is -5.16. The first-order chi connectivity index (χ1) is 23.2. The highest BCUT2D eigenvalue weighted by Crippen LogP contribution is 2.37. The molecule has 3 heterocycles. The monoisotopic (exact) mass is 632 g/mol. The van der Waals surface area contributed by atoms with E-state index in [1.54, 1.807) is 0 Å². The molecule has 0 N–H and O–H groups in total. The van der Waals surface area contributed by atoms with Gasteiger partial charge in [-0.05, 0) is 116 Å². The number of nitrogens with zero attached hydrogens (tertiary/aromatic N) is 4. The van der Waals surface area contributed by atoms with E-state index in [0.29, 0.717) is 11.8 Å². The van der Waals surface area contributed by atoms with Crippen LogP contribution in [0.3, 0.4) is 0 Å². The zero-order chi connectivity index (χ0) is 33.5. The highest BCUT2D eigenvalue weighted by atomic mass is 16.5. The SMILES string of the molecule is Cc1ccnc(-n2c3ccc(CCC(C)C)cc3c3ccc(Oc4cc(C(C)C)cc(-n5nc(C)c(-c6ccccc6)c5C)c4)cc32)c1. The largest absolute Gasteiger partial charge is 0.457 e. The Balaban J connectivity index is 1.33. The van der Waals surface area contributed by atoms with Crippen LogP contribution in [-0.4, -0.2) is 19.3 Å². The van der Waals surface area contributed by atoms with E-state index in [1.165, 1.54) is 45.0 Å². The van der Waals surface area contributed by atoms with Crippen LogP contribution in [0.4, 0.5) is 0 Å². The van der Waals surface area contributed by atoms with Gasteiger partial charge in [0.25, 0.3) is 0 Å². The summed E-state index contributed by atoms with van der Waals surface area (Å²) in [4.78, 5) is 4.81. The number of aryl methyl sites for hydroxylation is 3. The molecule has 0 amide bonds. The topological polar surface area (TPSA) is 44.9 Å². The molecule has 0 unspecified atom stereocenters. The second-order valence-corrected chi connectivity index (χ2v) is 13.8. The van der Waals surface area contributed by atoms with Crippen LogP contribution in [0, 0.1) is 26.7 Å². The van der Waals surface area contributed by atoms with E-state index >= 15 is 0 Å². The molecule has 5 nitrogen and oxygen atoms in total. The number of hydrogen-bond donors (Lipinski definition) is 0. The predicted molar refractivity (Wildman–Crippen MR) is 199 cm³/mol. The third-order valence-corrected chi connectivity index (χ3v) is 9.36. The minimum atomic E-state index is 0.320. The molecule has 5 heteroatoms. The average Bonchev–Trinajstić information content (AvgIpc) is 3.56. The minimum Gasteiger partial charge on any atom is -0.457 e. The molecule has 0 saturated carbocycles. The van der Waals surface area contributed by atoms with Crippen molar-refractivity contribution in [1.29, 1.82) is 0 Å². The molecular formula is C43H44N4O. The fourth-order valence-electron chi connectivity index (χ4n) is 6.78. The highest BCUT2D eigenvalue weighted by Gasteiger charge is 2.18. The second-order valence-electron chi connectivity index (χ2n) is 13.8. The van der Waals surface area contributed by atoms with Crippen LogP contribution in [0.1, 0.15) is 68.1 Å². The van der Waals surface area contributed by atoms with E-state index in [-0.39, 0.29) is 0 Å². The third-order valence-electron chi connectivity index (χ3n) is 9.36. The summed E-state index contributed by atoms with van der Waals surface area (Å²) < 4.78 is 11.1. The summed E-state index contributed by atoms with van der Waals surface area (Å²) in [6.07, 6.45) is 4.13. The lowest BCUT2D eigenvalue weighted by Crippen LogP contribution is -2.02. The van der Waals surface area contributed by atoms with Crippen molar-refractivity contribution in [2.45, 2.75) is 67.2 Å². The molecule has 3 aromatic heterocycles. The zero-order valence-electron chi connectivity index (χ0n) is 29.1. The van der Waals surface area contributed by atoms with Gasteiger partial charge in [0.15, 0.2) is 0 Å². The molecule has 48 heavy (non-hydrogen) atoms. The van der Waals surface area contributed by atoms with Gasteiger partial charge in [-0.2, -0.15) is 5.10 Å². The van der Waals surface area contributed by atoms with Gasteiger partial charge in [-0.3, -0.25) is 4.57 Å². The molecule has 0 aliphatic carbocycles. The van der Waals surface area contributed by atoms with Gasteiger partial charge < -0.3 is 4.74 Å². The summed E-state index contributed by atoms with van der Waals surface area (Å²) in [5.74, 6) is 3.46. The van der Waals surface area contributed by atoms with Gasteiger partial charge in [-0.25, -0.2) is 9.67 Å². The van der Waals surface area contributed by atoms with Gasteiger partial charge in [0.2, 0.25) is 0 Å². The van der Waals surface area contributed by atoms with Crippen LogP contribution in [0.25, 0.3) is 44.4 Å². The number of ether oxygens (including phenoxy) is 1. The van der Waals surface area contributed by atoms with Crippen molar-refractivity contribution in [3.8, 4) is 34.1 Å². The van der Waals surface area contributed by atoms with Gasteiger partial charge in [0.1, 0.15) is 17.3 Å². The Labute approximate surface area is 283 Å². The van der Waals surface area contributed by atoms with E-state index < -0.39 is 0 Å². The first-order valence-electron chi connectivity index (χ1n) is 17.1. The van der Waals surface area contributed by atoms with E-state index in [2.05, 4.69) is 143 Å². The average molecular weight is 633 g/mol. The first-order valence-corrected chi connectivity index (χ1v) is 17.1. The molecule has 0 spiro atoms. The Bertz CT molecular complexity index is 2250. The molecule has 4 aromatic carbocycles. The fourth-order valence-corrected chi connectivity index (χ4v) is 6.78. The zero-order valence-corrected chi connectivity index (χ0v) is 29.1. The summed E-state index contributed by atoms with van der Waals surface area (Å²) in [7, 11) is 0. The molecule has 7 rings (SSSR count). The molecule has 0 bridgehead atoms. The van der Waals surface area contributed by atoms with Gasteiger partial charge in [0.05, 0.1) is 22.4 Å². The summed E-state index contributed by atoms with van der Waals surface area (Å²) in [5.41, 5.74) is 11.4. The van der Waals surface area contributed by atoms with E-state index in [4.69, 9.17) is 14.8 Å². The van der Waals surface area contributed by atoms with Crippen LogP contribution >= 0.6 is 0 Å². The van der Waals surface area contributed by atoms with Crippen LogP contribution in [0.15, 0.2) is 103 Å². The molecule has 0 aliphatic rings. The number of pyridine rings is 1. The molecule has 0 aliphatic heterocycles. The lowest BCUT2D eigenvalue weighted by molar-refractivity contribution is 0.481. The van der Waals surface area contributed by atoms with Crippen molar-refractivity contribution in [2.24, 2.45) is 5.92 Å². The van der Waals surface area contributed by atoms with Gasteiger partial charge in [-0.1, -0.05) is 64.1 Å². The Kier molecular flexibility index (Phi) is 8.38. The highest BCUT2D eigenvalue weighted by molar-refractivity contribution is 6.09. The second kappa shape index (κ2) is 12.8. The molecular weight excluding hydrogens is 589 g/mol. The molecule has 0 fully saturated rings. The fraction of sp³-hybridized carbons (Fsp3) is 0.256. The maximum atomic E-state index is 6.73. The quantitative estimate of drug-likeness (QED) is 0.159. The molecule has 0 saturated heterocycles. The number of rotatable bonds is 9. The third kappa shape index (κ3) is 6.01. The molecule has 0 atom stereocenters. The van der Waals surface area contributed by atoms with Crippen molar-refractivity contribution >= 4 is 21.8 Å². The predicted octanol–water partition coefficient (Wildman–Crippen LogP) is 11.5. The number of aromatic nitrogens is 4. The van der Waals surface area contributed by atoms with E-state index in [9.17, 15) is 0 Å². The van der Waals surface area contributed by atoms with Gasteiger partial charge in [-0.15, -0.1) is 0 Å². The molecule has 242 valence electrons. The summed E-state index contributed by atoms with van der Waals surface area (Å²) >= 11 is 0. The Morgan fingerprint density at radius 3 is 2.29 bits per heavy atom. The van der Waals surface area contributed by atoms with Crippen LogP contribution < -0.4 is 4.74 Å². The lowest BCUT2D eigenvalue weighted by atomic mass is 10.0. The molecule has 0 radical (unpaired) electrons. The summed E-state index contributed by atoms with van der Waals surface area (Å²) in [5, 5.41) is 7.44. The van der Waals surface area contributed by atoms with Crippen molar-refractivity contribution in [2.75, 3.05) is 0 Å². The van der Waals surface area contributed by atoms with Gasteiger partial charge >= 0.3 is 0 Å². The Morgan fingerprint density at radius 2 is 1.54 bits per heavy atom. The summed E-state index contributed by atoms with van der Waals surface area (Å²) in [6.45, 7) is 15.3. The van der Waals surface area contributed by atoms with Crippen molar-refractivity contribution in [1.82, 2.24) is 19.3 Å². The minimum absolute atomic E-state index is 0.320. The van der Waals surface area contributed by atoms with Crippen molar-refractivity contribution in [3.05, 3.63) is 131 Å². The van der Waals surface area contributed by atoms with Gasteiger partial charge in [0, 0.05) is 40.4 Å². The summed E-state index contributed by atoms with van der Waals surface area (Å²) in [6, 6.07) is 34.5. The van der Waals surface area contributed by atoms with E-state index in [1.807, 2.05) is 18.3 Å². The van der Waals surface area contributed by atoms with Crippen molar-refractivity contribution in [3.63, 3.8) is 0 Å². The number of hydrogen-bond acceptors (Lipinski definition) is 3. The maximum absolute atomic E-state index is 6.73. The van der Waals surface area contributed by atoms with Crippen LogP contribution in [0.5, 0.6) is 11.5 Å². The van der Waals surface area contributed by atoms with Crippen molar-refractivity contribution < 1.29 is 4.74 Å². The van der Waals surface area contributed by atoms with Crippen LogP contribution in [-0.2, 0) is 6.42 Å². The normalized spacial score (nSPS) is 11.8. The maximum Gasteiger partial charge on any atom is 0.137 e. The molecule has 7 aromatic rings. The number of fused-ring (bicyclic) bond motifs is 3. The standard InChI is InChI=1S/C43H44N4O/c1-27(2)13-14-32-15-18-40-39(22-32)38-17-16-36(26-41(38)46(40)42-21-29(5)19-20-44-42)48-37-24-34(28(3)4)23-35(25-37)47-31(7)43(30(6)45-47)33-11-9-8-10-12-33/h8-12,15-28H,13-14H2,1-7H3.